The Morgan fingerprint density at radius 1 is 1.24 bits per heavy atom. The number of hydrogen-bond donors (Lipinski definition) is 2. The van der Waals surface area contributed by atoms with Crippen LogP contribution in [-0.2, 0) is 6.54 Å². The normalized spacial score (nSPS) is 10.7. The van der Waals surface area contributed by atoms with Gasteiger partial charge in [0.15, 0.2) is 17.3 Å². The summed E-state index contributed by atoms with van der Waals surface area (Å²) in [4.78, 5) is 0. The van der Waals surface area contributed by atoms with Gasteiger partial charge in [0.2, 0.25) is 5.16 Å². The predicted octanol–water partition coefficient (Wildman–Crippen LogP) is 3.89. The van der Waals surface area contributed by atoms with Gasteiger partial charge < -0.3 is 15.3 Å². The minimum Gasteiger partial charge on any atom is -0.504 e. The van der Waals surface area contributed by atoms with Gasteiger partial charge in [0, 0.05) is 10.0 Å². The van der Waals surface area contributed by atoms with E-state index in [4.69, 9.17) is 4.74 Å². The largest absolute Gasteiger partial charge is 0.504 e. The van der Waals surface area contributed by atoms with E-state index in [1.165, 1.54) is 18.9 Å². The Balaban J connectivity index is 1.90. The van der Waals surface area contributed by atoms with Crippen LogP contribution in [0.1, 0.15) is 5.56 Å². The van der Waals surface area contributed by atoms with Crippen LogP contribution >= 0.6 is 27.7 Å². The van der Waals surface area contributed by atoms with Gasteiger partial charge in [0.25, 0.3) is 0 Å². The fraction of sp³-hybridized carbons (Fsp3) is 0.176. The molecule has 0 saturated carbocycles. The summed E-state index contributed by atoms with van der Waals surface area (Å²) in [5.74, 6) is 1.26. The molecule has 0 aliphatic carbocycles. The molecular formula is C17H17BrN4O2S. The molecule has 25 heavy (non-hydrogen) atoms. The van der Waals surface area contributed by atoms with Crippen molar-refractivity contribution < 1.29 is 9.84 Å². The molecule has 1 aromatic heterocycles. The zero-order valence-electron chi connectivity index (χ0n) is 13.7. The maximum atomic E-state index is 9.84. The first-order chi connectivity index (χ1) is 12.1. The van der Waals surface area contributed by atoms with Gasteiger partial charge in [-0.15, -0.1) is 10.2 Å². The van der Waals surface area contributed by atoms with E-state index in [0.29, 0.717) is 12.3 Å². The molecule has 3 rings (SSSR count). The lowest BCUT2D eigenvalue weighted by molar-refractivity contribution is 0.372. The van der Waals surface area contributed by atoms with Gasteiger partial charge in [0.05, 0.1) is 13.7 Å². The lowest BCUT2D eigenvalue weighted by Gasteiger charge is -2.14. The van der Waals surface area contributed by atoms with Crippen molar-refractivity contribution in [2.24, 2.45) is 0 Å². The maximum absolute atomic E-state index is 9.84. The summed E-state index contributed by atoms with van der Waals surface area (Å²) in [7, 11) is 1.53. The second-order valence-corrected chi connectivity index (χ2v) is 6.79. The Morgan fingerprint density at radius 3 is 2.68 bits per heavy atom. The SMILES string of the molecule is COc1cc(CNn2c(SC)nnc2-c2ccccc2)c(Br)cc1O. The van der Waals surface area contributed by atoms with Crippen molar-refractivity contribution in [2.75, 3.05) is 18.8 Å². The molecule has 0 bridgehead atoms. The van der Waals surface area contributed by atoms with Crippen LogP contribution in [0.2, 0.25) is 0 Å². The van der Waals surface area contributed by atoms with Crippen LogP contribution in [0.3, 0.4) is 0 Å². The Bertz CT molecular complexity index is 871. The number of benzene rings is 2. The number of aromatic nitrogens is 3. The van der Waals surface area contributed by atoms with Crippen LogP contribution in [0.15, 0.2) is 52.1 Å². The zero-order chi connectivity index (χ0) is 17.8. The summed E-state index contributed by atoms with van der Waals surface area (Å²) in [5.41, 5.74) is 5.26. The quantitative estimate of drug-likeness (QED) is 0.589. The molecule has 3 aromatic rings. The van der Waals surface area contributed by atoms with Gasteiger partial charge in [-0.05, 0) is 24.0 Å². The van der Waals surface area contributed by atoms with Gasteiger partial charge in [-0.25, -0.2) is 4.68 Å². The molecule has 0 spiro atoms. The van der Waals surface area contributed by atoms with Gasteiger partial charge in [-0.3, -0.25) is 0 Å². The molecule has 0 fully saturated rings. The average Bonchev–Trinajstić information content (AvgIpc) is 3.04. The minimum absolute atomic E-state index is 0.0946. The predicted molar refractivity (Wildman–Crippen MR) is 103 cm³/mol. The molecular weight excluding hydrogens is 404 g/mol. The summed E-state index contributed by atoms with van der Waals surface area (Å²) in [6.45, 7) is 0.503. The van der Waals surface area contributed by atoms with Crippen molar-refractivity contribution >= 4 is 27.7 Å². The third kappa shape index (κ3) is 3.74. The number of methoxy groups -OCH3 is 1. The van der Waals surface area contributed by atoms with E-state index in [2.05, 4.69) is 31.6 Å². The van der Waals surface area contributed by atoms with Gasteiger partial charge in [-0.2, -0.15) is 0 Å². The molecule has 130 valence electrons. The smallest absolute Gasteiger partial charge is 0.209 e. The van der Waals surface area contributed by atoms with Gasteiger partial charge in [0.1, 0.15) is 0 Å². The van der Waals surface area contributed by atoms with Gasteiger partial charge in [-0.1, -0.05) is 58.0 Å². The van der Waals surface area contributed by atoms with Crippen molar-refractivity contribution in [3.8, 4) is 22.9 Å². The highest BCUT2D eigenvalue weighted by atomic mass is 79.9. The number of ether oxygens (including phenoxy) is 1. The number of halogens is 1. The zero-order valence-corrected chi connectivity index (χ0v) is 16.1. The molecule has 1 heterocycles. The third-order valence-electron chi connectivity index (χ3n) is 3.62. The molecule has 0 amide bonds. The number of nitrogens with zero attached hydrogens (tertiary/aromatic N) is 3. The molecule has 2 N–H and O–H groups in total. The highest BCUT2D eigenvalue weighted by Crippen LogP contribution is 2.32. The number of nitrogens with one attached hydrogen (secondary N) is 1. The number of aromatic hydroxyl groups is 1. The third-order valence-corrected chi connectivity index (χ3v) is 4.99. The second kappa shape index (κ2) is 7.79. The Hall–Kier alpha value is -2.19. The molecule has 0 aliphatic rings. The Morgan fingerprint density at radius 2 is 2.00 bits per heavy atom. The van der Waals surface area contributed by atoms with Crippen LogP contribution < -0.4 is 10.2 Å². The summed E-state index contributed by atoms with van der Waals surface area (Å²) in [6, 6.07) is 13.3. The summed E-state index contributed by atoms with van der Waals surface area (Å²) in [5, 5.41) is 19.1. The standard InChI is InChI=1S/C17H17BrN4O2S/c1-24-15-8-12(13(18)9-14(15)23)10-19-22-16(20-21-17(22)25-2)11-6-4-3-5-7-11/h3-9,19,23H,10H2,1-2H3. The summed E-state index contributed by atoms with van der Waals surface area (Å²) < 4.78 is 7.84. The Labute approximate surface area is 158 Å². The lowest BCUT2D eigenvalue weighted by Crippen LogP contribution is -2.17. The number of phenolic OH excluding ortho intramolecular Hbond substituents is 1. The molecule has 0 aliphatic heterocycles. The van der Waals surface area contributed by atoms with Crippen LogP contribution in [0.5, 0.6) is 11.5 Å². The maximum Gasteiger partial charge on any atom is 0.209 e. The highest BCUT2D eigenvalue weighted by molar-refractivity contribution is 9.10. The van der Waals surface area contributed by atoms with E-state index in [1.807, 2.05) is 41.3 Å². The van der Waals surface area contributed by atoms with E-state index in [0.717, 1.165) is 26.6 Å². The van der Waals surface area contributed by atoms with Crippen LogP contribution in [0.25, 0.3) is 11.4 Å². The van der Waals surface area contributed by atoms with E-state index < -0.39 is 0 Å². The second-order valence-electron chi connectivity index (χ2n) is 5.16. The van der Waals surface area contributed by atoms with E-state index in [9.17, 15) is 5.11 Å². The first-order valence-corrected chi connectivity index (χ1v) is 9.50. The molecule has 8 heteroatoms. The van der Waals surface area contributed by atoms with Crippen LogP contribution in [-0.4, -0.2) is 33.3 Å². The molecule has 2 aromatic carbocycles. The molecule has 0 atom stereocenters. The lowest BCUT2D eigenvalue weighted by atomic mass is 10.2. The average molecular weight is 421 g/mol. The van der Waals surface area contributed by atoms with E-state index in [1.54, 1.807) is 12.1 Å². The van der Waals surface area contributed by atoms with Crippen molar-refractivity contribution in [1.82, 2.24) is 14.9 Å². The fourth-order valence-corrected chi connectivity index (χ4v) is 3.29. The molecule has 6 nitrogen and oxygen atoms in total. The first-order valence-electron chi connectivity index (χ1n) is 7.48. The fourth-order valence-electron chi connectivity index (χ4n) is 2.37. The molecule has 0 radical (unpaired) electrons. The van der Waals surface area contributed by atoms with Crippen molar-refractivity contribution in [3.05, 3.63) is 52.5 Å². The van der Waals surface area contributed by atoms with E-state index >= 15 is 0 Å². The monoisotopic (exact) mass is 420 g/mol. The minimum atomic E-state index is 0.0946. The summed E-state index contributed by atoms with van der Waals surface area (Å²) in [6.07, 6.45) is 1.95. The molecule has 0 unspecified atom stereocenters. The number of phenols is 1. The number of hydrogen-bond acceptors (Lipinski definition) is 6. The topological polar surface area (TPSA) is 72.2 Å². The Kier molecular flexibility index (Phi) is 5.50. The summed E-state index contributed by atoms with van der Waals surface area (Å²) >= 11 is 4.98. The molecule has 0 saturated heterocycles. The highest BCUT2D eigenvalue weighted by Gasteiger charge is 2.14. The van der Waals surface area contributed by atoms with Gasteiger partial charge >= 0.3 is 0 Å². The number of rotatable bonds is 6. The van der Waals surface area contributed by atoms with Crippen molar-refractivity contribution in [2.45, 2.75) is 11.7 Å². The van der Waals surface area contributed by atoms with Crippen LogP contribution in [0, 0.1) is 0 Å². The number of thioether (sulfide) groups is 1. The van der Waals surface area contributed by atoms with Crippen molar-refractivity contribution in [3.63, 3.8) is 0 Å². The van der Waals surface area contributed by atoms with E-state index in [-0.39, 0.29) is 5.75 Å². The first kappa shape index (κ1) is 17.6. The van der Waals surface area contributed by atoms with Crippen LogP contribution in [0.4, 0.5) is 0 Å². The van der Waals surface area contributed by atoms with Crippen molar-refractivity contribution in [1.29, 1.82) is 0 Å².